The summed E-state index contributed by atoms with van der Waals surface area (Å²) in [5.74, 6) is 1.46. The van der Waals surface area contributed by atoms with Crippen molar-refractivity contribution in [2.75, 3.05) is 19.6 Å². The molecule has 1 aromatic carbocycles. The molecule has 0 spiro atoms. The Balaban J connectivity index is 1.91. The first kappa shape index (κ1) is 14.1. The van der Waals surface area contributed by atoms with E-state index in [2.05, 4.69) is 36.1 Å². The van der Waals surface area contributed by atoms with Crippen molar-refractivity contribution in [3.05, 3.63) is 35.4 Å². The second-order valence-electron chi connectivity index (χ2n) is 6.51. The molecular formula is C18H28N2. The summed E-state index contributed by atoms with van der Waals surface area (Å²) in [5, 5.41) is 0. The van der Waals surface area contributed by atoms with Crippen LogP contribution in [0.15, 0.2) is 24.3 Å². The van der Waals surface area contributed by atoms with Gasteiger partial charge in [-0.3, -0.25) is 4.90 Å². The van der Waals surface area contributed by atoms with E-state index in [0.29, 0.717) is 12.0 Å². The van der Waals surface area contributed by atoms with E-state index < -0.39 is 0 Å². The molecule has 1 saturated carbocycles. The largest absolute Gasteiger partial charge is 0.330 e. The maximum absolute atomic E-state index is 6.10. The van der Waals surface area contributed by atoms with Crippen LogP contribution in [0.25, 0.3) is 0 Å². The second kappa shape index (κ2) is 6.28. The quantitative estimate of drug-likeness (QED) is 0.906. The van der Waals surface area contributed by atoms with E-state index in [9.17, 15) is 0 Å². The summed E-state index contributed by atoms with van der Waals surface area (Å²) in [5.41, 5.74) is 9.16. The maximum atomic E-state index is 6.10. The Bertz CT molecular complexity index is 425. The smallest absolute Gasteiger partial charge is 0.0388 e. The van der Waals surface area contributed by atoms with Crippen molar-refractivity contribution in [3.63, 3.8) is 0 Å². The summed E-state index contributed by atoms with van der Waals surface area (Å²) in [6.07, 6.45) is 6.70. The zero-order valence-electron chi connectivity index (χ0n) is 12.7. The van der Waals surface area contributed by atoms with Crippen LogP contribution in [0.1, 0.15) is 62.1 Å². The number of hydrogen-bond donors (Lipinski definition) is 1. The van der Waals surface area contributed by atoms with Gasteiger partial charge in [-0.1, -0.05) is 37.6 Å². The van der Waals surface area contributed by atoms with Gasteiger partial charge in [0.05, 0.1) is 0 Å². The van der Waals surface area contributed by atoms with E-state index >= 15 is 0 Å². The Morgan fingerprint density at radius 3 is 2.65 bits per heavy atom. The molecule has 2 atom stereocenters. The average molecular weight is 272 g/mol. The number of likely N-dealkylation sites (tertiary alicyclic amines) is 1. The van der Waals surface area contributed by atoms with Gasteiger partial charge in [-0.2, -0.15) is 0 Å². The van der Waals surface area contributed by atoms with Gasteiger partial charge in [0, 0.05) is 6.04 Å². The van der Waals surface area contributed by atoms with Crippen LogP contribution in [0.4, 0.5) is 0 Å². The molecule has 2 N–H and O–H groups in total. The van der Waals surface area contributed by atoms with Gasteiger partial charge < -0.3 is 5.73 Å². The van der Waals surface area contributed by atoms with E-state index in [0.717, 1.165) is 19.0 Å². The molecule has 0 aromatic heterocycles. The highest BCUT2D eigenvalue weighted by Crippen LogP contribution is 2.42. The minimum absolute atomic E-state index is 0.534. The predicted molar refractivity (Wildman–Crippen MR) is 84.8 cm³/mol. The third-order valence-corrected chi connectivity index (χ3v) is 5.12. The topological polar surface area (TPSA) is 29.3 Å². The van der Waals surface area contributed by atoms with Crippen LogP contribution in [-0.4, -0.2) is 24.5 Å². The van der Waals surface area contributed by atoms with Gasteiger partial charge in [-0.05, 0) is 68.3 Å². The molecule has 1 aliphatic heterocycles. The van der Waals surface area contributed by atoms with E-state index in [1.165, 1.54) is 44.2 Å². The minimum Gasteiger partial charge on any atom is -0.330 e. The molecule has 0 amide bonds. The van der Waals surface area contributed by atoms with Gasteiger partial charge in [0.1, 0.15) is 0 Å². The molecule has 2 aliphatic rings. The van der Waals surface area contributed by atoms with Crippen LogP contribution in [-0.2, 0) is 0 Å². The van der Waals surface area contributed by atoms with Crippen molar-refractivity contribution in [1.82, 2.24) is 4.90 Å². The molecular weight excluding hydrogens is 244 g/mol. The molecule has 3 rings (SSSR count). The van der Waals surface area contributed by atoms with Crippen LogP contribution in [0.3, 0.4) is 0 Å². The molecule has 20 heavy (non-hydrogen) atoms. The fourth-order valence-corrected chi connectivity index (χ4v) is 3.81. The van der Waals surface area contributed by atoms with Gasteiger partial charge in [0.15, 0.2) is 0 Å². The molecule has 2 unspecified atom stereocenters. The Morgan fingerprint density at radius 2 is 1.95 bits per heavy atom. The van der Waals surface area contributed by atoms with E-state index in [4.69, 9.17) is 5.73 Å². The van der Waals surface area contributed by atoms with Crippen LogP contribution < -0.4 is 5.73 Å². The number of nitrogens with zero attached hydrogens (tertiary/aromatic N) is 1. The van der Waals surface area contributed by atoms with Crippen molar-refractivity contribution in [1.29, 1.82) is 0 Å². The molecule has 1 saturated heterocycles. The highest BCUT2D eigenvalue weighted by atomic mass is 15.2. The zero-order valence-corrected chi connectivity index (χ0v) is 12.7. The number of benzene rings is 1. The Kier molecular flexibility index (Phi) is 4.42. The van der Waals surface area contributed by atoms with Crippen LogP contribution in [0.2, 0.25) is 0 Å². The lowest BCUT2D eigenvalue weighted by molar-refractivity contribution is 0.166. The summed E-state index contributed by atoms with van der Waals surface area (Å²) in [6, 6.07) is 9.90. The minimum atomic E-state index is 0.534. The summed E-state index contributed by atoms with van der Waals surface area (Å²) in [6.45, 7) is 5.46. The number of nitrogens with two attached hydrogens (primary N) is 1. The summed E-state index contributed by atoms with van der Waals surface area (Å²) >= 11 is 0. The van der Waals surface area contributed by atoms with Gasteiger partial charge in [0.25, 0.3) is 0 Å². The highest BCUT2D eigenvalue weighted by molar-refractivity contribution is 5.31. The predicted octanol–water partition coefficient (Wildman–Crippen LogP) is 3.69. The number of hydrogen-bond acceptors (Lipinski definition) is 2. The highest BCUT2D eigenvalue weighted by Gasteiger charge is 2.30. The Morgan fingerprint density at radius 1 is 1.15 bits per heavy atom. The molecule has 0 bridgehead atoms. The first-order valence-corrected chi connectivity index (χ1v) is 8.37. The summed E-state index contributed by atoms with van der Waals surface area (Å²) in [4.78, 5) is 2.65. The van der Waals surface area contributed by atoms with Gasteiger partial charge in [-0.25, -0.2) is 0 Å². The van der Waals surface area contributed by atoms with Gasteiger partial charge >= 0.3 is 0 Å². The van der Waals surface area contributed by atoms with E-state index in [1.54, 1.807) is 5.56 Å². The van der Waals surface area contributed by atoms with Gasteiger partial charge in [0.2, 0.25) is 0 Å². The van der Waals surface area contributed by atoms with E-state index in [-0.39, 0.29) is 0 Å². The van der Waals surface area contributed by atoms with E-state index in [1.807, 2.05) is 0 Å². The fraction of sp³-hybridized carbons (Fsp3) is 0.667. The lowest BCUT2D eigenvalue weighted by atomic mass is 9.88. The third-order valence-electron chi connectivity index (χ3n) is 5.12. The monoisotopic (exact) mass is 272 g/mol. The van der Waals surface area contributed by atoms with Crippen molar-refractivity contribution in [2.24, 2.45) is 11.7 Å². The second-order valence-corrected chi connectivity index (χ2v) is 6.51. The fourth-order valence-electron chi connectivity index (χ4n) is 3.81. The summed E-state index contributed by atoms with van der Waals surface area (Å²) in [7, 11) is 0. The third kappa shape index (κ3) is 2.91. The van der Waals surface area contributed by atoms with Crippen molar-refractivity contribution >= 4 is 0 Å². The normalized spacial score (nSPS) is 28.3. The van der Waals surface area contributed by atoms with Crippen LogP contribution in [0.5, 0.6) is 0 Å². The maximum Gasteiger partial charge on any atom is 0.0388 e. The lowest BCUT2D eigenvalue weighted by Gasteiger charge is -2.34. The standard InChI is InChI=1S/C18H28N2/c1-2-20-11-4-3-6-17(13-19)18(20)16-8-5-7-15(12-16)14-9-10-14/h5,7-8,12,14,17-18H,2-4,6,9-11,13,19H2,1H3. The molecule has 1 aliphatic carbocycles. The SMILES string of the molecule is CCN1CCCCC(CN)C1c1cccc(C2CC2)c1. The number of rotatable bonds is 4. The molecule has 2 fully saturated rings. The van der Waals surface area contributed by atoms with Crippen molar-refractivity contribution in [3.8, 4) is 0 Å². The molecule has 1 aromatic rings. The first-order valence-electron chi connectivity index (χ1n) is 8.37. The van der Waals surface area contributed by atoms with Gasteiger partial charge in [-0.15, -0.1) is 0 Å². The Labute approximate surface area is 123 Å². The van der Waals surface area contributed by atoms with Crippen molar-refractivity contribution in [2.45, 2.75) is 51.0 Å². The molecule has 2 heteroatoms. The molecule has 0 radical (unpaired) electrons. The average Bonchev–Trinajstić information content (AvgIpc) is 3.33. The van der Waals surface area contributed by atoms with Crippen LogP contribution >= 0.6 is 0 Å². The molecule has 2 nitrogen and oxygen atoms in total. The Hall–Kier alpha value is -0.860. The lowest BCUT2D eigenvalue weighted by Crippen LogP contribution is -2.35. The molecule has 110 valence electrons. The summed E-state index contributed by atoms with van der Waals surface area (Å²) < 4.78 is 0. The van der Waals surface area contributed by atoms with Crippen LogP contribution in [0, 0.1) is 5.92 Å². The van der Waals surface area contributed by atoms with Crippen molar-refractivity contribution < 1.29 is 0 Å². The first-order chi connectivity index (χ1) is 9.83. The zero-order chi connectivity index (χ0) is 13.9. The molecule has 1 heterocycles.